The number of ether oxygens (including phenoxy) is 1. The molecule has 2 aromatic rings. The zero-order valence-electron chi connectivity index (χ0n) is 12.6. The van der Waals surface area contributed by atoms with E-state index in [2.05, 4.69) is 26.0 Å². The van der Waals surface area contributed by atoms with Crippen LogP contribution in [0.3, 0.4) is 0 Å². The van der Waals surface area contributed by atoms with Gasteiger partial charge in [-0.3, -0.25) is 0 Å². The summed E-state index contributed by atoms with van der Waals surface area (Å²) in [6, 6.07) is 12.9. The van der Waals surface area contributed by atoms with Gasteiger partial charge in [-0.2, -0.15) is 0 Å². The highest BCUT2D eigenvalue weighted by atomic mass is 16.5. The highest BCUT2D eigenvalue weighted by Crippen LogP contribution is 2.28. The van der Waals surface area contributed by atoms with E-state index in [1.807, 2.05) is 13.0 Å². The predicted octanol–water partition coefficient (Wildman–Crippen LogP) is 3.06. The molecule has 0 unspecified atom stereocenters. The van der Waals surface area contributed by atoms with Gasteiger partial charge in [0.1, 0.15) is 12.4 Å². The van der Waals surface area contributed by atoms with Gasteiger partial charge in [-0.1, -0.05) is 50.2 Å². The lowest BCUT2D eigenvalue weighted by atomic mass is 10.0. The van der Waals surface area contributed by atoms with Crippen molar-refractivity contribution in [3.05, 3.63) is 64.7 Å². The quantitative estimate of drug-likeness (QED) is 0.847. The normalized spacial score (nSPS) is 10.7. The number of carboxylic acids is 1. The molecule has 0 radical (unpaired) electrons. The summed E-state index contributed by atoms with van der Waals surface area (Å²) in [4.78, 5) is 11.1. The van der Waals surface area contributed by atoms with Crippen LogP contribution in [0.15, 0.2) is 42.5 Å². The maximum Gasteiger partial charge on any atom is 0.123 e. The highest BCUT2D eigenvalue weighted by Gasteiger charge is 2.09. The Labute approximate surface area is 125 Å². The van der Waals surface area contributed by atoms with Gasteiger partial charge in [0, 0.05) is 5.56 Å². The molecule has 0 aromatic heterocycles. The van der Waals surface area contributed by atoms with E-state index in [0.29, 0.717) is 11.5 Å². The van der Waals surface area contributed by atoms with Gasteiger partial charge in [0.15, 0.2) is 0 Å². The Hall–Kier alpha value is -2.29. The molecule has 0 aliphatic carbocycles. The van der Waals surface area contributed by atoms with E-state index in [4.69, 9.17) is 4.74 Å². The van der Waals surface area contributed by atoms with Crippen molar-refractivity contribution in [3.63, 3.8) is 0 Å². The molecule has 0 saturated heterocycles. The molecule has 0 bridgehead atoms. The van der Waals surface area contributed by atoms with Gasteiger partial charge < -0.3 is 14.6 Å². The van der Waals surface area contributed by atoms with Gasteiger partial charge in [-0.15, -0.1) is 0 Å². The summed E-state index contributed by atoms with van der Waals surface area (Å²) in [6.45, 7) is 6.43. The van der Waals surface area contributed by atoms with Crippen LogP contribution in [-0.4, -0.2) is 5.97 Å². The van der Waals surface area contributed by atoms with Crippen LogP contribution in [0.25, 0.3) is 0 Å². The van der Waals surface area contributed by atoms with Crippen LogP contribution in [0, 0.1) is 6.92 Å². The molecular weight excluding hydrogens is 264 g/mol. The molecule has 0 fully saturated rings. The van der Waals surface area contributed by atoms with Crippen LogP contribution in [-0.2, 0) is 6.61 Å². The molecule has 2 aromatic carbocycles. The number of hydrogen-bond acceptors (Lipinski definition) is 3. The first kappa shape index (κ1) is 15.1. The van der Waals surface area contributed by atoms with E-state index in [9.17, 15) is 9.90 Å². The zero-order chi connectivity index (χ0) is 15.4. The van der Waals surface area contributed by atoms with Crippen molar-refractivity contribution in [2.24, 2.45) is 0 Å². The third kappa shape index (κ3) is 3.63. The summed E-state index contributed by atoms with van der Waals surface area (Å²) < 4.78 is 5.87. The van der Waals surface area contributed by atoms with Crippen molar-refractivity contribution >= 4 is 5.97 Å². The van der Waals surface area contributed by atoms with Crippen molar-refractivity contribution < 1.29 is 14.6 Å². The fourth-order valence-electron chi connectivity index (χ4n) is 2.24. The second-order valence-electron chi connectivity index (χ2n) is 5.43. The summed E-state index contributed by atoms with van der Waals surface area (Å²) in [5.74, 6) is -0.0299. The Kier molecular flexibility index (Phi) is 4.63. The fraction of sp³-hybridized carbons (Fsp3) is 0.278. The standard InChI is InChI=1S/C18H20O3/c1-12(2)15-9-8-13(3)10-17(15)21-11-14-6-4-5-7-16(14)18(19)20/h4-10,12H,11H2,1-3H3,(H,19,20)/p-1. The largest absolute Gasteiger partial charge is 0.545 e. The van der Waals surface area contributed by atoms with Crippen molar-refractivity contribution in [2.75, 3.05) is 0 Å². The van der Waals surface area contributed by atoms with E-state index in [1.54, 1.807) is 18.2 Å². The minimum atomic E-state index is -1.18. The SMILES string of the molecule is Cc1ccc(C(C)C)c(OCc2ccccc2C(=O)[O-])c1. The lowest BCUT2D eigenvalue weighted by Crippen LogP contribution is -2.24. The number of carbonyl (C=O) groups excluding carboxylic acids is 1. The molecule has 3 heteroatoms. The molecule has 0 amide bonds. The van der Waals surface area contributed by atoms with E-state index in [-0.39, 0.29) is 12.2 Å². The predicted molar refractivity (Wildman–Crippen MR) is 80.4 cm³/mol. The molecule has 2 rings (SSSR count). The Morgan fingerprint density at radius 2 is 1.90 bits per heavy atom. The molecule has 0 aliphatic heterocycles. The second-order valence-corrected chi connectivity index (χ2v) is 5.43. The molecule has 3 nitrogen and oxygen atoms in total. The summed E-state index contributed by atoms with van der Waals surface area (Å²) in [5.41, 5.74) is 3.03. The Balaban J connectivity index is 2.24. The smallest absolute Gasteiger partial charge is 0.123 e. The van der Waals surface area contributed by atoms with Crippen LogP contribution in [0.5, 0.6) is 5.75 Å². The van der Waals surface area contributed by atoms with Gasteiger partial charge in [-0.25, -0.2) is 0 Å². The number of carboxylic acid groups (broad SMARTS) is 1. The number of aryl methyl sites for hydroxylation is 1. The maximum absolute atomic E-state index is 11.1. The van der Waals surface area contributed by atoms with Gasteiger partial charge in [0.05, 0.1) is 5.97 Å². The average molecular weight is 283 g/mol. The van der Waals surface area contributed by atoms with Crippen LogP contribution >= 0.6 is 0 Å². The third-order valence-electron chi connectivity index (χ3n) is 3.41. The van der Waals surface area contributed by atoms with Crippen molar-refractivity contribution in [1.82, 2.24) is 0 Å². The number of aromatic carboxylic acids is 1. The number of rotatable bonds is 5. The lowest BCUT2D eigenvalue weighted by molar-refractivity contribution is -0.255. The van der Waals surface area contributed by atoms with Gasteiger partial charge in [-0.05, 0) is 35.6 Å². The molecule has 0 N–H and O–H groups in total. The fourth-order valence-corrected chi connectivity index (χ4v) is 2.24. The highest BCUT2D eigenvalue weighted by molar-refractivity contribution is 5.87. The molecule has 0 heterocycles. The summed E-state index contributed by atoms with van der Waals surface area (Å²) >= 11 is 0. The first-order valence-electron chi connectivity index (χ1n) is 7.01. The van der Waals surface area contributed by atoms with Crippen LogP contribution < -0.4 is 9.84 Å². The Morgan fingerprint density at radius 3 is 2.57 bits per heavy atom. The second kappa shape index (κ2) is 6.44. The molecule has 0 saturated carbocycles. The summed E-state index contributed by atoms with van der Waals surface area (Å²) in [5, 5.41) is 11.1. The van der Waals surface area contributed by atoms with Crippen molar-refractivity contribution in [3.8, 4) is 5.75 Å². The van der Waals surface area contributed by atoms with E-state index in [1.165, 1.54) is 6.07 Å². The van der Waals surface area contributed by atoms with Crippen molar-refractivity contribution in [1.29, 1.82) is 0 Å². The Morgan fingerprint density at radius 1 is 1.19 bits per heavy atom. The van der Waals surface area contributed by atoms with Gasteiger partial charge in [0.2, 0.25) is 0 Å². The average Bonchev–Trinajstić information content (AvgIpc) is 2.45. The van der Waals surface area contributed by atoms with Crippen molar-refractivity contribution in [2.45, 2.75) is 33.3 Å². The minimum absolute atomic E-state index is 0.177. The monoisotopic (exact) mass is 283 g/mol. The maximum atomic E-state index is 11.1. The van der Waals surface area contributed by atoms with Crippen LogP contribution in [0.2, 0.25) is 0 Å². The number of benzene rings is 2. The Bertz CT molecular complexity index is 645. The van der Waals surface area contributed by atoms with E-state index >= 15 is 0 Å². The molecule has 21 heavy (non-hydrogen) atoms. The molecule has 110 valence electrons. The third-order valence-corrected chi connectivity index (χ3v) is 3.41. The minimum Gasteiger partial charge on any atom is -0.545 e. The number of carbonyl (C=O) groups is 1. The summed E-state index contributed by atoms with van der Waals surface area (Å²) in [6.07, 6.45) is 0. The molecule has 0 spiro atoms. The van der Waals surface area contributed by atoms with E-state index < -0.39 is 5.97 Å². The van der Waals surface area contributed by atoms with Gasteiger partial charge in [0.25, 0.3) is 0 Å². The lowest BCUT2D eigenvalue weighted by Gasteiger charge is -2.16. The first-order valence-corrected chi connectivity index (χ1v) is 7.01. The van der Waals surface area contributed by atoms with Crippen LogP contribution in [0.1, 0.15) is 46.8 Å². The molecule has 0 aliphatic rings. The number of hydrogen-bond donors (Lipinski definition) is 0. The summed E-state index contributed by atoms with van der Waals surface area (Å²) in [7, 11) is 0. The molecule has 0 atom stereocenters. The topological polar surface area (TPSA) is 49.4 Å². The van der Waals surface area contributed by atoms with Gasteiger partial charge >= 0.3 is 0 Å². The van der Waals surface area contributed by atoms with Crippen LogP contribution in [0.4, 0.5) is 0 Å². The first-order chi connectivity index (χ1) is 9.99. The molecular formula is C18H19O3-. The van der Waals surface area contributed by atoms with E-state index in [0.717, 1.165) is 16.9 Å². The zero-order valence-corrected chi connectivity index (χ0v) is 12.6.